The van der Waals surface area contributed by atoms with Gasteiger partial charge in [-0.3, -0.25) is 9.56 Å². The van der Waals surface area contributed by atoms with Crippen molar-refractivity contribution >= 4 is 16.9 Å². The van der Waals surface area contributed by atoms with Crippen LogP contribution >= 0.6 is 0 Å². The van der Waals surface area contributed by atoms with Gasteiger partial charge in [0.05, 0.1) is 0 Å². The molecule has 29 heavy (non-hydrogen) atoms. The molecule has 3 heterocycles. The lowest BCUT2D eigenvalue weighted by Gasteiger charge is -2.12. The number of rotatable bonds is 7. The lowest BCUT2D eigenvalue weighted by molar-refractivity contribution is 0.640. The molecule has 148 valence electrons. The van der Waals surface area contributed by atoms with Crippen molar-refractivity contribution < 1.29 is 0 Å². The number of imidazole rings is 1. The third-order valence-corrected chi connectivity index (χ3v) is 4.81. The normalized spacial score (nSPS) is 11.7. The summed E-state index contributed by atoms with van der Waals surface area (Å²) in [6.07, 6.45) is 10.4. The van der Waals surface area contributed by atoms with E-state index in [2.05, 4.69) is 72.8 Å². The monoisotopic (exact) mass is 387 g/mol. The summed E-state index contributed by atoms with van der Waals surface area (Å²) in [4.78, 5) is 12.8. The van der Waals surface area contributed by atoms with E-state index in [1.807, 2.05) is 23.0 Å². The number of benzene rings is 1. The molecule has 7 heteroatoms. The average molecular weight is 387 g/mol. The maximum atomic E-state index is 4.47. The van der Waals surface area contributed by atoms with Gasteiger partial charge in [0.2, 0.25) is 0 Å². The molecule has 0 bridgehead atoms. The molecule has 3 aromatic heterocycles. The lowest BCUT2D eigenvalue weighted by Crippen LogP contribution is -2.37. The third kappa shape index (κ3) is 4.63. The molecule has 0 amide bonds. The van der Waals surface area contributed by atoms with Gasteiger partial charge < -0.3 is 15.2 Å². The van der Waals surface area contributed by atoms with Gasteiger partial charge in [-0.05, 0) is 35.6 Å². The van der Waals surface area contributed by atoms with Crippen LogP contribution in [-0.4, -0.2) is 38.7 Å². The molecule has 0 unspecified atom stereocenters. The van der Waals surface area contributed by atoms with Crippen molar-refractivity contribution in [3.63, 3.8) is 0 Å². The van der Waals surface area contributed by atoms with Crippen LogP contribution in [0.2, 0.25) is 0 Å². The Morgan fingerprint density at radius 1 is 1.07 bits per heavy atom. The molecule has 1 aromatic carbocycles. The Balaban J connectivity index is 1.22. The first-order valence-electron chi connectivity index (χ1n) is 9.75. The lowest BCUT2D eigenvalue weighted by atomic mass is 10.2. The van der Waals surface area contributed by atoms with E-state index < -0.39 is 0 Å². The van der Waals surface area contributed by atoms with Crippen molar-refractivity contribution in [3.8, 4) is 5.82 Å². The van der Waals surface area contributed by atoms with E-state index in [0.717, 1.165) is 36.9 Å². The van der Waals surface area contributed by atoms with Crippen molar-refractivity contribution in [2.24, 2.45) is 4.99 Å². The molecule has 2 N–H and O–H groups in total. The van der Waals surface area contributed by atoms with Crippen LogP contribution < -0.4 is 10.6 Å². The fourth-order valence-electron chi connectivity index (χ4n) is 3.27. The molecule has 0 saturated carbocycles. The van der Waals surface area contributed by atoms with Crippen LogP contribution in [0.5, 0.6) is 0 Å². The Bertz CT molecular complexity index is 1060. The molecule has 0 atom stereocenters. The van der Waals surface area contributed by atoms with Gasteiger partial charge in [-0.15, -0.1) is 0 Å². The van der Waals surface area contributed by atoms with Gasteiger partial charge >= 0.3 is 0 Å². The van der Waals surface area contributed by atoms with Crippen LogP contribution in [0, 0.1) is 0 Å². The minimum atomic E-state index is 0.666. The van der Waals surface area contributed by atoms with Gasteiger partial charge in [-0.1, -0.05) is 24.3 Å². The SMILES string of the molecule is CN=C(NCCCn1ccc2ccccc21)NCc1ccc(-n2ccnc2)nc1. The summed E-state index contributed by atoms with van der Waals surface area (Å²) in [7, 11) is 1.79. The van der Waals surface area contributed by atoms with Crippen molar-refractivity contribution in [2.75, 3.05) is 13.6 Å². The maximum Gasteiger partial charge on any atom is 0.191 e. The van der Waals surface area contributed by atoms with Crippen molar-refractivity contribution in [3.05, 3.63) is 79.1 Å². The number of fused-ring (bicyclic) bond motifs is 1. The average Bonchev–Trinajstić information content (AvgIpc) is 3.44. The van der Waals surface area contributed by atoms with E-state index in [1.54, 1.807) is 19.6 Å². The minimum absolute atomic E-state index is 0.666. The highest BCUT2D eigenvalue weighted by atomic mass is 15.2. The topological polar surface area (TPSA) is 72.1 Å². The van der Waals surface area contributed by atoms with Crippen LogP contribution in [0.25, 0.3) is 16.7 Å². The van der Waals surface area contributed by atoms with E-state index >= 15 is 0 Å². The number of hydrogen-bond donors (Lipinski definition) is 2. The molecule has 4 rings (SSSR count). The Hall–Kier alpha value is -3.61. The van der Waals surface area contributed by atoms with Gasteiger partial charge in [0.15, 0.2) is 5.96 Å². The predicted octanol–water partition coefficient (Wildman–Crippen LogP) is 2.98. The molecule has 7 nitrogen and oxygen atoms in total. The van der Waals surface area contributed by atoms with Gasteiger partial charge in [0.25, 0.3) is 0 Å². The standard InChI is InChI=1S/C22H25N7/c1-23-22(25-10-4-12-28-13-9-19-5-2-3-6-20(19)28)27-16-18-7-8-21(26-15-18)29-14-11-24-17-29/h2-3,5-9,11,13-15,17H,4,10,12,16H2,1H3,(H2,23,25,27). The summed E-state index contributed by atoms with van der Waals surface area (Å²) < 4.78 is 4.17. The van der Waals surface area contributed by atoms with Crippen molar-refractivity contribution in [1.82, 2.24) is 29.7 Å². The smallest absolute Gasteiger partial charge is 0.191 e. The van der Waals surface area contributed by atoms with Gasteiger partial charge in [0, 0.05) is 57.0 Å². The summed E-state index contributed by atoms with van der Waals surface area (Å²) >= 11 is 0. The first-order valence-corrected chi connectivity index (χ1v) is 9.75. The van der Waals surface area contributed by atoms with Crippen LogP contribution in [0.1, 0.15) is 12.0 Å². The van der Waals surface area contributed by atoms with E-state index in [1.165, 1.54) is 10.9 Å². The summed E-state index contributed by atoms with van der Waals surface area (Å²) in [5, 5.41) is 8.00. The second-order valence-corrected chi connectivity index (χ2v) is 6.77. The Labute approximate surface area is 170 Å². The Kier molecular flexibility index (Phi) is 5.85. The molecule has 4 aromatic rings. The van der Waals surface area contributed by atoms with Crippen LogP contribution in [0.15, 0.2) is 78.6 Å². The molecular formula is C22H25N7. The molecule has 0 spiro atoms. The zero-order chi connectivity index (χ0) is 19.9. The highest BCUT2D eigenvalue weighted by Crippen LogP contribution is 2.15. The highest BCUT2D eigenvalue weighted by Gasteiger charge is 2.02. The molecule has 0 aliphatic rings. The fraction of sp³-hybridized carbons (Fsp3) is 0.227. The number of aromatic nitrogens is 4. The van der Waals surface area contributed by atoms with Crippen LogP contribution in [0.4, 0.5) is 0 Å². The van der Waals surface area contributed by atoms with Crippen LogP contribution in [-0.2, 0) is 13.1 Å². The first kappa shape index (κ1) is 18.7. The van der Waals surface area contributed by atoms with E-state index in [9.17, 15) is 0 Å². The van der Waals surface area contributed by atoms with Crippen molar-refractivity contribution in [2.45, 2.75) is 19.5 Å². The number of aliphatic imine (C=N–C) groups is 1. The van der Waals surface area contributed by atoms with E-state index in [-0.39, 0.29) is 0 Å². The second kappa shape index (κ2) is 9.05. The maximum absolute atomic E-state index is 4.47. The fourth-order valence-corrected chi connectivity index (χ4v) is 3.27. The van der Waals surface area contributed by atoms with Crippen LogP contribution in [0.3, 0.4) is 0 Å². The van der Waals surface area contributed by atoms with E-state index in [4.69, 9.17) is 0 Å². The second-order valence-electron chi connectivity index (χ2n) is 6.77. The molecule has 0 radical (unpaired) electrons. The summed E-state index contributed by atoms with van der Waals surface area (Å²) in [6, 6.07) is 14.7. The van der Waals surface area contributed by atoms with E-state index in [0.29, 0.717) is 6.54 Å². The molecule has 0 aliphatic carbocycles. The summed E-state index contributed by atoms with van der Waals surface area (Å²) in [5.74, 6) is 1.65. The zero-order valence-electron chi connectivity index (χ0n) is 16.5. The Morgan fingerprint density at radius 2 is 2.00 bits per heavy atom. The summed E-state index contributed by atoms with van der Waals surface area (Å²) in [6.45, 7) is 2.49. The molecule has 0 saturated heterocycles. The number of pyridine rings is 1. The minimum Gasteiger partial charge on any atom is -0.356 e. The largest absolute Gasteiger partial charge is 0.356 e. The number of guanidine groups is 1. The van der Waals surface area contributed by atoms with Gasteiger partial charge in [-0.25, -0.2) is 9.97 Å². The number of nitrogens with one attached hydrogen (secondary N) is 2. The highest BCUT2D eigenvalue weighted by molar-refractivity contribution is 5.80. The molecule has 0 aliphatic heterocycles. The molecular weight excluding hydrogens is 362 g/mol. The number of aryl methyl sites for hydroxylation is 1. The number of nitrogens with zero attached hydrogens (tertiary/aromatic N) is 5. The first-order chi connectivity index (χ1) is 14.3. The van der Waals surface area contributed by atoms with Gasteiger partial charge in [0.1, 0.15) is 12.1 Å². The van der Waals surface area contributed by atoms with Gasteiger partial charge in [-0.2, -0.15) is 0 Å². The number of para-hydroxylation sites is 1. The van der Waals surface area contributed by atoms with Crippen molar-refractivity contribution in [1.29, 1.82) is 0 Å². The summed E-state index contributed by atoms with van der Waals surface area (Å²) in [5.41, 5.74) is 2.37. The number of hydrogen-bond acceptors (Lipinski definition) is 3. The zero-order valence-corrected chi connectivity index (χ0v) is 16.5. The quantitative estimate of drug-likeness (QED) is 0.291. The third-order valence-electron chi connectivity index (χ3n) is 4.81. The predicted molar refractivity (Wildman–Crippen MR) is 116 cm³/mol. The molecule has 0 fully saturated rings. The Morgan fingerprint density at radius 3 is 2.79 bits per heavy atom.